The highest BCUT2D eigenvalue weighted by Crippen LogP contribution is 2.32. The fourth-order valence-corrected chi connectivity index (χ4v) is 3.81. The van der Waals surface area contributed by atoms with Gasteiger partial charge in [-0.15, -0.1) is 0 Å². The van der Waals surface area contributed by atoms with Crippen LogP contribution in [0.4, 0.5) is 0 Å². The summed E-state index contributed by atoms with van der Waals surface area (Å²) in [5, 5.41) is 3.36. The Labute approximate surface area is 125 Å². The van der Waals surface area contributed by atoms with E-state index >= 15 is 0 Å². The summed E-state index contributed by atoms with van der Waals surface area (Å²) in [6.07, 6.45) is 10.00. The van der Waals surface area contributed by atoms with Gasteiger partial charge in [0.15, 0.2) is 0 Å². The second kappa shape index (κ2) is 8.66. The Morgan fingerprint density at radius 2 is 1.75 bits per heavy atom. The zero-order chi connectivity index (χ0) is 15.0. The van der Waals surface area contributed by atoms with E-state index in [1.54, 1.807) is 0 Å². The second-order valence-electron chi connectivity index (χ2n) is 6.52. The summed E-state index contributed by atoms with van der Waals surface area (Å²) in [6.45, 7) is 7.00. The highest BCUT2D eigenvalue weighted by molar-refractivity contribution is 5.83. The quantitative estimate of drug-likeness (QED) is 0.714. The lowest BCUT2D eigenvalue weighted by Gasteiger charge is -2.37. The van der Waals surface area contributed by atoms with Crippen LogP contribution in [0.2, 0.25) is 0 Å². The van der Waals surface area contributed by atoms with Crippen LogP contribution in [0.3, 0.4) is 0 Å². The van der Waals surface area contributed by atoms with E-state index in [-0.39, 0.29) is 11.3 Å². The summed E-state index contributed by atoms with van der Waals surface area (Å²) in [5.74, 6) is 0.875. The average molecular weight is 282 g/mol. The molecule has 118 valence electrons. The number of hydrogen-bond acceptors (Lipinski definition) is 2. The van der Waals surface area contributed by atoms with Gasteiger partial charge in [-0.05, 0) is 31.6 Å². The number of carbonyl (C=O) groups excluding carboxylic acids is 1. The highest BCUT2D eigenvalue weighted by Gasteiger charge is 2.37. The van der Waals surface area contributed by atoms with Crippen LogP contribution in [0.15, 0.2) is 0 Å². The predicted molar refractivity (Wildman–Crippen MR) is 85.5 cm³/mol. The summed E-state index contributed by atoms with van der Waals surface area (Å²) < 4.78 is 0. The molecule has 1 rings (SSSR count). The topological polar surface area (TPSA) is 55.1 Å². The molecular formula is C17H34N2O. The van der Waals surface area contributed by atoms with E-state index in [0.29, 0.717) is 18.5 Å². The largest absolute Gasteiger partial charge is 0.353 e. The molecule has 0 aromatic heterocycles. The van der Waals surface area contributed by atoms with Gasteiger partial charge in [-0.2, -0.15) is 0 Å². The Balaban J connectivity index is 2.73. The maximum absolute atomic E-state index is 12.8. The summed E-state index contributed by atoms with van der Waals surface area (Å²) in [5.41, 5.74) is 5.66. The molecule has 2 unspecified atom stereocenters. The molecule has 20 heavy (non-hydrogen) atoms. The Morgan fingerprint density at radius 3 is 2.25 bits per heavy atom. The van der Waals surface area contributed by atoms with Crippen LogP contribution in [-0.2, 0) is 4.79 Å². The van der Waals surface area contributed by atoms with Gasteiger partial charge in [0, 0.05) is 12.6 Å². The molecule has 0 saturated heterocycles. The maximum atomic E-state index is 12.8. The van der Waals surface area contributed by atoms with Crippen LogP contribution < -0.4 is 11.1 Å². The first-order chi connectivity index (χ1) is 9.63. The first-order valence-electron chi connectivity index (χ1n) is 8.64. The van der Waals surface area contributed by atoms with Crippen molar-refractivity contribution < 1.29 is 4.79 Å². The molecule has 0 bridgehead atoms. The minimum absolute atomic E-state index is 0.217. The minimum Gasteiger partial charge on any atom is -0.353 e. The Morgan fingerprint density at radius 1 is 1.15 bits per heavy atom. The summed E-state index contributed by atoms with van der Waals surface area (Å²) in [7, 11) is 0. The summed E-state index contributed by atoms with van der Waals surface area (Å²) >= 11 is 0. The average Bonchev–Trinajstić information content (AvgIpc) is 2.47. The number of hydrogen-bond donors (Lipinski definition) is 2. The van der Waals surface area contributed by atoms with Gasteiger partial charge in [0.2, 0.25) is 5.91 Å². The monoisotopic (exact) mass is 282 g/mol. The van der Waals surface area contributed by atoms with Gasteiger partial charge in [-0.25, -0.2) is 0 Å². The molecule has 0 spiro atoms. The number of nitrogens with two attached hydrogens (primary N) is 1. The van der Waals surface area contributed by atoms with Crippen LogP contribution in [0, 0.1) is 11.3 Å². The smallest absolute Gasteiger partial charge is 0.227 e. The van der Waals surface area contributed by atoms with Crippen molar-refractivity contribution in [2.45, 2.75) is 84.6 Å². The first kappa shape index (κ1) is 17.5. The third-order valence-electron chi connectivity index (χ3n) is 5.08. The predicted octanol–water partition coefficient (Wildman–Crippen LogP) is 3.62. The lowest BCUT2D eigenvalue weighted by Crippen LogP contribution is -2.51. The van der Waals surface area contributed by atoms with E-state index in [1.165, 1.54) is 25.7 Å². The summed E-state index contributed by atoms with van der Waals surface area (Å²) in [6, 6.07) is 0.376. The zero-order valence-electron chi connectivity index (χ0n) is 13.7. The molecular weight excluding hydrogens is 248 g/mol. The van der Waals surface area contributed by atoms with Crippen LogP contribution >= 0.6 is 0 Å². The van der Waals surface area contributed by atoms with Crippen molar-refractivity contribution in [3.8, 4) is 0 Å². The molecule has 0 radical (unpaired) electrons. The Bertz CT molecular complexity index is 285. The molecule has 1 aliphatic carbocycles. The van der Waals surface area contributed by atoms with E-state index in [1.807, 2.05) is 0 Å². The highest BCUT2D eigenvalue weighted by atomic mass is 16.2. The molecule has 3 nitrogen and oxygen atoms in total. The molecule has 1 fully saturated rings. The molecule has 3 heteroatoms. The standard InChI is InChI=1S/C17H34N2O/c1-4-11-17(13-18,12-5-2)16(20)19-15-10-8-7-9-14(15)6-3/h14-15H,4-13,18H2,1-3H3,(H,19,20). The number of carbonyl (C=O) groups is 1. The van der Waals surface area contributed by atoms with E-state index in [2.05, 4.69) is 26.1 Å². The zero-order valence-corrected chi connectivity index (χ0v) is 13.7. The van der Waals surface area contributed by atoms with E-state index in [9.17, 15) is 4.79 Å². The van der Waals surface area contributed by atoms with Gasteiger partial charge in [-0.1, -0.05) is 52.9 Å². The van der Waals surface area contributed by atoms with Gasteiger partial charge in [0.1, 0.15) is 0 Å². The normalized spacial score (nSPS) is 23.6. The van der Waals surface area contributed by atoms with Crippen molar-refractivity contribution >= 4 is 5.91 Å². The Hall–Kier alpha value is -0.570. The molecule has 2 atom stereocenters. The fraction of sp³-hybridized carbons (Fsp3) is 0.941. The molecule has 0 aromatic rings. The molecule has 1 amide bonds. The molecule has 0 heterocycles. The third kappa shape index (κ3) is 4.21. The van der Waals surface area contributed by atoms with Gasteiger partial charge in [-0.3, -0.25) is 4.79 Å². The number of nitrogens with one attached hydrogen (secondary N) is 1. The first-order valence-corrected chi connectivity index (χ1v) is 8.64. The van der Waals surface area contributed by atoms with Crippen molar-refractivity contribution in [2.75, 3.05) is 6.54 Å². The lowest BCUT2D eigenvalue weighted by molar-refractivity contribution is -0.133. The minimum atomic E-state index is -0.334. The van der Waals surface area contributed by atoms with E-state index < -0.39 is 0 Å². The van der Waals surface area contributed by atoms with Crippen LogP contribution in [0.1, 0.15) is 78.6 Å². The molecule has 1 saturated carbocycles. The third-order valence-corrected chi connectivity index (χ3v) is 5.08. The fourth-order valence-electron chi connectivity index (χ4n) is 3.81. The maximum Gasteiger partial charge on any atom is 0.227 e. The van der Waals surface area contributed by atoms with Crippen molar-refractivity contribution in [3.63, 3.8) is 0 Å². The van der Waals surface area contributed by atoms with Crippen molar-refractivity contribution in [1.29, 1.82) is 0 Å². The summed E-state index contributed by atoms with van der Waals surface area (Å²) in [4.78, 5) is 12.8. The Kier molecular flexibility index (Phi) is 7.57. The number of rotatable bonds is 8. The van der Waals surface area contributed by atoms with Crippen molar-refractivity contribution in [2.24, 2.45) is 17.1 Å². The van der Waals surface area contributed by atoms with Gasteiger partial charge >= 0.3 is 0 Å². The SMILES string of the molecule is CCCC(CN)(CCC)C(=O)NC1CCCCC1CC. The second-order valence-corrected chi connectivity index (χ2v) is 6.52. The molecule has 3 N–H and O–H groups in total. The van der Waals surface area contributed by atoms with Gasteiger partial charge in [0.05, 0.1) is 5.41 Å². The van der Waals surface area contributed by atoms with Gasteiger partial charge in [0.25, 0.3) is 0 Å². The van der Waals surface area contributed by atoms with E-state index in [0.717, 1.165) is 32.1 Å². The van der Waals surface area contributed by atoms with Gasteiger partial charge < -0.3 is 11.1 Å². The van der Waals surface area contributed by atoms with Crippen LogP contribution in [0.25, 0.3) is 0 Å². The van der Waals surface area contributed by atoms with Crippen LogP contribution in [0.5, 0.6) is 0 Å². The number of amides is 1. The molecule has 0 aliphatic heterocycles. The molecule has 1 aliphatic rings. The van der Waals surface area contributed by atoms with E-state index in [4.69, 9.17) is 5.73 Å². The van der Waals surface area contributed by atoms with Crippen molar-refractivity contribution in [3.05, 3.63) is 0 Å². The van der Waals surface area contributed by atoms with Crippen molar-refractivity contribution in [1.82, 2.24) is 5.32 Å². The lowest BCUT2D eigenvalue weighted by atomic mass is 9.77. The molecule has 0 aromatic carbocycles. The van der Waals surface area contributed by atoms with Crippen LogP contribution in [-0.4, -0.2) is 18.5 Å².